The predicted molar refractivity (Wildman–Crippen MR) is 88.5 cm³/mol. The molecule has 1 amide bonds. The smallest absolute Gasteiger partial charge is 0.237 e. The summed E-state index contributed by atoms with van der Waals surface area (Å²) in [6.07, 6.45) is 6.19. The Balaban J connectivity index is 1.62. The second kappa shape index (κ2) is 5.77. The highest BCUT2D eigenvalue weighted by molar-refractivity contribution is 5.88. The van der Waals surface area contributed by atoms with Crippen LogP contribution in [0.4, 0.5) is 5.82 Å². The molecule has 0 unspecified atom stereocenters. The van der Waals surface area contributed by atoms with Crippen LogP contribution in [0, 0.1) is 0 Å². The van der Waals surface area contributed by atoms with Gasteiger partial charge in [-0.2, -0.15) is 0 Å². The molecule has 2 fully saturated rings. The largest absolute Gasteiger partial charge is 0.383 e. The van der Waals surface area contributed by atoms with Crippen molar-refractivity contribution in [3.63, 3.8) is 0 Å². The number of hydrogen-bond donors (Lipinski definition) is 2. The molecular weight excluding hydrogens is 290 g/mol. The van der Waals surface area contributed by atoms with Gasteiger partial charge in [0.15, 0.2) is 0 Å². The van der Waals surface area contributed by atoms with Crippen molar-refractivity contribution in [1.29, 1.82) is 0 Å². The summed E-state index contributed by atoms with van der Waals surface area (Å²) in [4.78, 5) is 22.7. The van der Waals surface area contributed by atoms with E-state index in [1.54, 1.807) is 0 Å². The summed E-state index contributed by atoms with van der Waals surface area (Å²) in [6, 6.07) is 6.75. The molecule has 1 saturated heterocycles. The number of carbonyl (C=O) groups excluding carboxylic acids is 1. The molecule has 3 N–H and O–H groups in total. The lowest BCUT2D eigenvalue weighted by Crippen LogP contribution is -2.61. The number of nitrogens with two attached hydrogens (primary N) is 1. The van der Waals surface area contributed by atoms with Crippen LogP contribution in [0.15, 0.2) is 24.5 Å². The third-order valence-corrected chi connectivity index (χ3v) is 5.05. The zero-order chi connectivity index (χ0) is 15.8. The number of amides is 1. The number of nitrogens with one attached hydrogen (secondary N) is 1. The summed E-state index contributed by atoms with van der Waals surface area (Å²) in [6.45, 7) is 1.09. The van der Waals surface area contributed by atoms with Gasteiger partial charge in [0.25, 0.3) is 0 Å². The molecule has 1 aromatic carbocycles. The SMILES string of the molecule is Nc1ncnc2cc(CN3C(=O)CN[C@@H]4CCCC[C@H]43)ccc12. The zero-order valence-electron chi connectivity index (χ0n) is 13.0. The van der Waals surface area contributed by atoms with Crippen molar-refractivity contribution in [1.82, 2.24) is 20.2 Å². The Bertz CT molecular complexity index is 747. The second-order valence-corrected chi connectivity index (χ2v) is 6.47. The normalized spacial score (nSPS) is 24.7. The molecule has 1 saturated carbocycles. The molecule has 0 bridgehead atoms. The van der Waals surface area contributed by atoms with Crippen molar-refractivity contribution in [3.8, 4) is 0 Å². The van der Waals surface area contributed by atoms with Gasteiger partial charge in [0.1, 0.15) is 12.1 Å². The topological polar surface area (TPSA) is 84.1 Å². The number of anilines is 1. The lowest BCUT2D eigenvalue weighted by molar-refractivity contribution is -0.138. The molecule has 120 valence electrons. The van der Waals surface area contributed by atoms with Crippen LogP contribution in [0.3, 0.4) is 0 Å². The maximum absolute atomic E-state index is 12.4. The Morgan fingerprint density at radius 2 is 2.13 bits per heavy atom. The minimum absolute atomic E-state index is 0.190. The monoisotopic (exact) mass is 311 g/mol. The van der Waals surface area contributed by atoms with Gasteiger partial charge < -0.3 is 16.0 Å². The molecule has 6 heteroatoms. The Labute approximate surface area is 135 Å². The summed E-state index contributed by atoms with van der Waals surface area (Å²) in [5.41, 5.74) is 7.80. The van der Waals surface area contributed by atoms with Crippen LogP contribution in [0.2, 0.25) is 0 Å². The van der Waals surface area contributed by atoms with Gasteiger partial charge in [-0.1, -0.05) is 18.9 Å². The van der Waals surface area contributed by atoms with Crippen LogP contribution in [0.1, 0.15) is 31.2 Å². The summed E-state index contributed by atoms with van der Waals surface area (Å²) in [5.74, 6) is 0.683. The molecule has 23 heavy (non-hydrogen) atoms. The number of fused-ring (bicyclic) bond motifs is 2. The number of hydrogen-bond acceptors (Lipinski definition) is 5. The third-order valence-electron chi connectivity index (χ3n) is 5.05. The molecule has 1 aliphatic carbocycles. The van der Waals surface area contributed by atoms with Gasteiger partial charge in [0.05, 0.1) is 12.1 Å². The van der Waals surface area contributed by atoms with E-state index in [4.69, 9.17) is 5.73 Å². The van der Waals surface area contributed by atoms with Crippen LogP contribution in [0.5, 0.6) is 0 Å². The van der Waals surface area contributed by atoms with E-state index in [-0.39, 0.29) is 5.91 Å². The third kappa shape index (κ3) is 2.63. The number of piperazine rings is 1. The second-order valence-electron chi connectivity index (χ2n) is 6.47. The van der Waals surface area contributed by atoms with Gasteiger partial charge in [-0.3, -0.25) is 4.79 Å². The Morgan fingerprint density at radius 1 is 1.26 bits per heavy atom. The summed E-state index contributed by atoms with van der Waals surface area (Å²) in [7, 11) is 0. The van der Waals surface area contributed by atoms with E-state index in [1.165, 1.54) is 19.2 Å². The number of nitrogens with zero attached hydrogens (tertiary/aromatic N) is 3. The first-order valence-electron chi connectivity index (χ1n) is 8.24. The van der Waals surface area contributed by atoms with Gasteiger partial charge in [-0.25, -0.2) is 9.97 Å². The highest BCUT2D eigenvalue weighted by Crippen LogP contribution is 2.28. The molecule has 0 spiro atoms. The predicted octanol–water partition coefficient (Wildman–Crippen LogP) is 1.45. The van der Waals surface area contributed by atoms with Crippen LogP contribution < -0.4 is 11.1 Å². The highest BCUT2D eigenvalue weighted by Gasteiger charge is 2.36. The van der Waals surface area contributed by atoms with Crippen LogP contribution in [0.25, 0.3) is 10.9 Å². The molecule has 2 aliphatic rings. The number of benzene rings is 1. The number of nitrogen functional groups attached to an aromatic ring is 1. The van der Waals surface area contributed by atoms with Crippen molar-refractivity contribution < 1.29 is 4.79 Å². The number of rotatable bonds is 2. The summed E-state index contributed by atoms with van der Waals surface area (Å²) >= 11 is 0. The average molecular weight is 311 g/mol. The first kappa shape index (κ1) is 14.4. The van der Waals surface area contributed by atoms with E-state index in [9.17, 15) is 4.79 Å². The molecule has 2 atom stereocenters. The van der Waals surface area contributed by atoms with Gasteiger partial charge in [0.2, 0.25) is 5.91 Å². The summed E-state index contributed by atoms with van der Waals surface area (Å²) < 4.78 is 0. The first-order chi connectivity index (χ1) is 11.2. The van der Waals surface area contributed by atoms with Crippen molar-refractivity contribution in [2.45, 2.75) is 44.3 Å². The van der Waals surface area contributed by atoms with Crippen LogP contribution in [-0.4, -0.2) is 39.4 Å². The Kier molecular flexibility index (Phi) is 3.61. The molecule has 6 nitrogen and oxygen atoms in total. The molecule has 1 aliphatic heterocycles. The fourth-order valence-electron chi connectivity index (χ4n) is 3.85. The summed E-state index contributed by atoms with van der Waals surface area (Å²) in [5, 5.41) is 4.25. The number of carbonyl (C=O) groups is 1. The molecule has 0 radical (unpaired) electrons. The maximum atomic E-state index is 12.4. The first-order valence-corrected chi connectivity index (χ1v) is 8.24. The van der Waals surface area contributed by atoms with E-state index in [1.807, 2.05) is 23.1 Å². The lowest BCUT2D eigenvalue weighted by atomic mass is 9.87. The zero-order valence-corrected chi connectivity index (χ0v) is 13.0. The molecule has 1 aromatic heterocycles. The number of aromatic nitrogens is 2. The fourth-order valence-corrected chi connectivity index (χ4v) is 3.85. The van der Waals surface area contributed by atoms with E-state index in [0.29, 0.717) is 31.0 Å². The molecular formula is C17H21N5O. The molecule has 2 aromatic rings. The lowest BCUT2D eigenvalue weighted by Gasteiger charge is -2.44. The van der Waals surface area contributed by atoms with Crippen molar-refractivity contribution in [3.05, 3.63) is 30.1 Å². The van der Waals surface area contributed by atoms with Gasteiger partial charge >= 0.3 is 0 Å². The van der Waals surface area contributed by atoms with Crippen molar-refractivity contribution in [2.75, 3.05) is 12.3 Å². The molecule has 4 rings (SSSR count). The van der Waals surface area contributed by atoms with E-state index < -0.39 is 0 Å². The maximum Gasteiger partial charge on any atom is 0.237 e. The Morgan fingerprint density at radius 3 is 3.04 bits per heavy atom. The van der Waals surface area contributed by atoms with Crippen molar-refractivity contribution >= 4 is 22.6 Å². The quantitative estimate of drug-likeness (QED) is 0.877. The van der Waals surface area contributed by atoms with E-state index >= 15 is 0 Å². The van der Waals surface area contributed by atoms with Gasteiger partial charge in [-0.15, -0.1) is 0 Å². The van der Waals surface area contributed by atoms with E-state index in [2.05, 4.69) is 15.3 Å². The van der Waals surface area contributed by atoms with Gasteiger partial charge in [0, 0.05) is 24.0 Å². The van der Waals surface area contributed by atoms with Crippen molar-refractivity contribution in [2.24, 2.45) is 0 Å². The van der Waals surface area contributed by atoms with Gasteiger partial charge in [-0.05, 0) is 30.5 Å². The highest BCUT2D eigenvalue weighted by atomic mass is 16.2. The van der Waals surface area contributed by atoms with Crippen LogP contribution >= 0.6 is 0 Å². The van der Waals surface area contributed by atoms with Crippen LogP contribution in [-0.2, 0) is 11.3 Å². The Hall–Kier alpha value is -2.21. The minimum Gasteiger partial charge on any atom is -0.383 e. The molecule has 2 heterocycles. The average Bonchev–Trinajstić information content (AvgIpc) is 2.58. The van der Waals surface area contributed by atoms with E-state index in [0.717, 1.165) is 29.3 Å². The minimum atomic E-state index is 0.190. The standard InChI is InChI=1S/C17H21N5O/c18-17-12-6-5-11(7-14(12)20-10-21-17)9-22-15-4-2-1-3-13(15)19-8-16(22)23/h5-7,10,13,15,19H,1-4,8-9H2,(H2,18,20,21)/t13-,15-/m1/s1. The fraction of sp³-hybridized carbons (Fsp3) is 0.471.